The second-order valence-electron chi connectivity index (χ2n) is 2.98. The predicted molar refractivity (Wildman–Crippen MR) is 60.6 cm³/mol. The van der Waals surface area contributed by atoms with Crippen LogP contribution in [0.15, 0.2) is 35.2 Å². The predicted octanol–water partition coefficient (Wildman–Crippen LogP) is 3.29. The topological polar surface area (TPSA) is 29.1 Å². The Kier molecular flexibility index (Phi) is 5.15. The normalized spacial score (nSPS) is 9.79. The molecule has 0 bridgehead atoms. The molecule has 1 amide bonds. The van der Waals surface area contributed by atoms with Gasteiger partial charge in [-0.05, 0) is 30.3 Å². The quantitative estimate of drug-likeness (QED) is 0.609. The molecule has 0 spiro atoms. The standard InChI is InChI=1S/C11H15NOS/c1-2-3-9-12-11(13)14-10-7-5-4-6-8-10/h4-8H,2-3,9H2,1H3,(H,12,13). The van der Waals surface area contributed by atoms with E-state index in [0.29, 0.717) is 0 Å². The summed E-state index contributed by atoms with van der Waals surface area (Å²) in [7, 11) is 0. The molecule has 1 N–H and O–H groups in total. The summed E-state index contributed by atoms with van der Waals surface area (Å²) in [6, 6.07) is 9.68. The van der Waals surface area contributed by atoms with Crippen LogP contribution in [0.3, 0.4) is 0 Å². The number of amides is 1. The molecule has 1 rings (SSSR count). The van der Waals surface area contributed by atoms with Gasteiger partial charge in [0.05, 0.1) is 0 Å². The summed E-state index contributed by atoms with van der Waals surface area (Å²) >= 11 is 1.24. The van der Waals surface area contributed by atoms with Crippen molar-refractivity contribution in [3.8, 4) is 0 Å². The van der Waals surface area contributed by atoms with Crippen molar-refractivity contribution < 1.29 is 4.79 Å². The molecule has 1 aromatic rings. The van der Waals surface area contributed by atoms with Crippen molar-refractivity contribution in [2.75, 3.05) is 6.54 Å². The van der Waals surface area contributed by atoms with Crippen LogP contribution in [0.1, 0.15) is 19.8 Å². The number of hydrogen-bond donors (Lipinski definition) is 1. The Morgan fingerprint density at radius 3 is 2.71 bits per heavy atom. The van der Waals surface area contributed by atoms with Crippen molar-refractivity contribution >= 4 is 17.0 Å². The molecule has 14 heavy (non-hydrogen) atoms. The molecule has 2 nitrogen and oxygen atoms in total. The van der Waals surface area contributed by atoms with Gasteiger partial charge in [0.15, 0.2) is 0 Å². The fourth-order valence-corrected chi connectivity index (χ4v) is 1.68. The van der Waals surface area contributed by atoms with E-state index in [1.54, 1.807) is 0 Å². The summed E-state index contributed by atoms with van der Waals surface area (Å²) < 4.78 is 0. The van der Waals surface area contributed by atoms with Gasteiger partial charge in [-0.1, -0.05) is 31.5 Å². The number of unbranched alkanes of at least 4 members (excludes halogenated alkanes) is 1. The van der Waals surface area contributed by atoms with Crippen LogP contribution in [0.25, 0.3) is 0 Å². The van der Waals surface area contributed by atoms with Crippen LogP contribution < -0.4 is 5.32 Å². The van der Waals surface area contributed by atoms with Crippen LogP contribution >= 0.6 is 11.8 Å². The van der Waals surface area contributed by atoms with Gasteiger partial charge in [-0.3, -0.25) is 4.79 Å². The fourth-order valence-electron chi connectivity index (χ4n) is 0.999. The number of hydrogen-bond acceptors (Lipinski definition) is 2. The highest BCUT2D eigenvalue weighted by Crippen LogP contribution is 2.17. The van der Waals surface area contributed by atoms with E-state index < -0.39 is 0 Å². The third-order valence-corrected chi connectivity index (χ3v) is 2.59. The Bertz CT molecular complexity index is 274. The van der Waals surface area contributed by atoms with Crippen molar-refractivity contribution in [3.63, 3.8) is 0 Å². The maximum atomic E-state index is 11.3. The first-order valence-electron chi connectivity index (χ1n) is 4.83. The van der Waals surface area contributed by atoms with E-state index in [0.717, 1.165) is 24.3 Å². The lowest BCUT2D eigenvalue weighted by Gasteiger charge is -2.02. The molecule has 0 aliphatic carbocycles. The molecule has 0 heterocycles. The number of thioether (sulfide) groups is 1. The lowest BCUT2D eigenvalue weighted by molar-refractivity contribution is 0.260. The second-order valence-corrected chi connectivity index (χ2v) is 4.03. The zero-order valence-electron chi connectivity index (χ0n) is 8.32. The van der Waals surface area contributed by atoms with E-state index in [1.807, 2.05) is 30.3 Å². The minimum absolute atomic E-state index is 0.0321. The van der Waals surface area contributed by atoms with E-state index >= 15 is 0 Å². The van der Waals surface area contributed by atoms with Gasteiger partial charge in [0.25, 0.3) is 5.24 Å². The van der Waals surface area contributed by atoms with Crippen LogP contribution in [0.4, 0.5) is 4.79 Å². The summed E-state index contributed by atoms with van der Waals surface area (Å²) in [5.41, 5.74) is 0. The van der Waals surface area contributed by atoms with Gasteiger partial charge in [0.2, 0.25) is 0 Å². The van der Waals surface area contributed by atoms with Crippen molar-refractivity contribution in [2.45, 2.75) is 24.7 Å². The molecule has 0 aliphatic rings. The largest absolute Gasteiger partial charge is 0.347 e. The van der Waals surface area contributed by atoms with E-state index in [-0.39, 0.29) is 5.24 Å². The zero-order valence-corrected chi connectivity index (χ0v) is 9.14. The third-order valence-electron chi connectivity index (χ3n) is 1.75. The van der Waals surface area contributed by atoms with Crippen LogP contribution in [-0.2, 0) is 0 Å². The summed E-state index contributed by atoms with van der Waals surface area (Å²) in [5, 5.41) is 2.89. The van der Waals surface area contributed by atoms with Crippen LogP contribution in [0.5, 0.6) is 0 Å². The van der Waals surface area contributed by atoms with Gasteiger partial charge in [-0.15, -0.1) is 0 Å². The Morgan fingerprint density at radius 1 is 1.36 bits per heavy atom. The smallest absolute Gasteiger partial charge is 0.283 e. The first kappa shape index (κ1) is 11.1. The Hall–Kier alpha value is -0.960. The average molecular weight is 209 g/mol. The minimum atomic E-state index is 0.0321. The Morgan fingerprint density at radius 2 is 2.07 bits per heavy atom. The molecule has 76 valence electrons. The summed E-state index contributed by atoms with van der Waals surface area (Å²) in [5.74, 6) is 0. The highest BCUT2D eigenvalue weighted by atomic mass is 32.2. The highest BCUT2D eigenvalue weighted by molar-refractivity contribution is 8.13. The maximum Gasteiger partial charge on any atom is 0.283 e. The highest BCUT2D eigenvalue weighted by Gasteiger charge is 2.01. The molecule has 0 saturated heterocycles. The van der Waals surface area contributed by atoms with Gasteiger partial charge in [0, 0.05) is 11.4 Å². The van der Waals surface area contributed by atoms with Gasteiger partial charge in [-0.25, -0.2) is 0 Å². The number of rotatable bonds is 4. The molecule has 0 saturated carbocycles. The molecule has 0 atom stereocenters. The van der Waals surface area contributed by atoms with Crippen LogP contribution in [0.2, 0.25) is 0 Å². The van der Waals surface area contributed by atoms with Crippen molar-refractivity contribution in [3.05, 3.63) is 30.3 Å². The summed E-state index contributed by atoms with van der Waals surface area (Å²) in [6.07, 6.45) is 2.15. The minimum Gasteiger partial charge on any atom is -0.347 e. The van der Waals surface area contributed by atoms with Crippen molar-refractivity contribution in [2.24, 2.45) is 0 Å². The monoisotopic (exact) mass is 209 g/mol. The van der Waals surface area contributed by atoms with Crippen molar-refractivity contribution in [1.29, 1.82) is 0 Å². The van der Waals surface area contributed by atoms with Crippen molar-refractivity contribution in [1.82, 2.24) is 5.32 Å². The number of carbonyl (C=O) groups excluding carboxylic acids is 1. The lowest BCUT2D eigenvalue weighted by atomic mass is 10.3. The molecule has 1 aromatic carbocycles. The molecular weight excluding hydrogens is 194 g/mol. The molecular formula is C11H15NOS. The number of benzene rings is 1. The zero-order chi connectivity index (χ0) is 10.2. The first-order valence-corrected chi connectivity index (χ1v) is 5.65. The first-order chi connectivity index (χ1) is 6.83. The fraction of sp³-hybridized carbons (Fsp3) is 0.364. The molecule has 0 fully saturated rings. The van der Waals surface area contributed by atoms with Crippen LogP contribution in [-0.4, -0.2) is 11.8 Å². The molecule has 0 aromatic heterocycles. The van der Waals surface area contributed by atoms with Gasteiger partial charge in [0.1, 0.15) is 0 Å². The third kappa shape index (κ3) is 4.33. The molecule has 0 aliphatic heterocycles. The number of carbonyl (C=O) groups is 1. The average Bonchev–Trinajstić information content (AvgIpc) is 2.20. The Labute approximate surface area is 89.1 Å². The summed E-state index contributed by atoms with van der Waals surface area (Å²) in [4.78, 5) is 12.3. The van der Waals surface area contributed by atoms with E-state index in [1.165, 1.54) is 11.8 Å². The molecule has 0 radical (unpaired) electrons. The van der Waals surface area contributed by atoms with Gasteiger partial charge >= 0.3 is 0 Å². The molecule has 3 heteroatoms. The van der Waals surface area contributed by atoms with E-state index in [2.05, 4.69) is 12.2 Å². The Balaban J connectivity index is 2.27. The SMILES string of the molecule is CCCCNC(=O)Sc1ccccc1. The maximum absolute atomic E-state index is 11.3. The lowest BCUT2D eigenvalue weighted by Crippen LogP contribution is -2.19. The van der Waals surface area contributed by atoms with Gasteiger partial charge < -0.3 is 5.32 Å². The van der Waals surface area contributed by atoms with E-state index in [4.69, 9.17) is 0 Å². The van der Waals surface area contributed by atoms with Crippen LogP contribution in [0, 0.1) is 0 Å². The number of nitrogens with one attached hydrogen (secondary N) is 1. The second kappa shape index (κ2) is 6.49. The molecule has 0 unspecified atom stereocenters. The summed E-state index contributed by atoms with van der Waals surface area (Å²) in [6.45, 7) is 2.88. The van der Waals surface area contributed by atoms with Gasteiger partial charge in [-0.2, -0.15) is 0 Å². The van der Waals surface area contributed by atoms with E-state index in [9.17, 15) is 4.79 Å².